The summed E-state index contributed by atoms with van der Waals surface area (Å²) in [5.74, 6) is 0.341. The largest absolute Gasteiger partial charge is 0.448 e. The Hall–Kier alpha value is -1.36. The molecule has 0 bridgehead atoms. The molecule has 5 heteroatoms. The summed E-state index contributed by atoms with van der Waals surface area (Å²) >= 11 is 0. The lowest BCUT2D eigenvalue weighted by Gasteiger charge is -2.41. The first-order valence-corrected chi connectivity index (χ1v) is 6.34. The van der Waals surface area contributed by atoms with Crippen molar-refractivity contribution >= 4 is 5.91 Å². The molecule has 1 aliphatic rings. The third kappa shape index (κ3) is 2.90. The normalized spacial score (nSPS) is 17.2. The number of hydrogen-bond donors (Lipinski definition) is 1. The lowest BCUT2D eigenvalue weighted by molar-refractivity contribution is 0.0109. The van der Waals surface area contributed by atoms with Crippen LogP contribution in [0, 0.1) is 12.3 Å². The Bertz CT molecular complexity index is 410. The van der Waals surface area contributed by atoms with Gasteiger partial charge in [-0.05, 0) is 24.7 Å². The number of nitrogens with zero attached hydrogens (tertiary/aromatic N) is 1. The number of methoxy groups -OCH3 is 1. The first-order chi connectivity index (χ1) is 8.65. The average molecular weight is 252 g/mol. The van der Waals surface area contributed by atoms with E-state index in [1.54, 1.807) is 14.0 Å². The van der Waals surface area contributed by atoms with Gasteiger partial charge in [-0.2, -0.15) is 0 Å². The molecular formula is C13H20N2O3. The molecule has 0 aromatic carbocycles. The number of ether oxygens (including phenoxy) is 1. The molecule has 0 radical (unpaired) electrons. The molecule has 1 aromatic heterocycles. The molecular weight excluding hydrogens is 232 g/mol. The Morgan fingerprint density at radius 2 is 2.39 bits per heavy atom. The van der Waals surface area contributed by atoms with E-state index in [1.807, 2.05) is 0 Å². The van der Waals surface area contributed by atoms with Gasteiger partial charge < -0.3 is 14.5 Å². The van der Waals surface area contributed by atoms with Gasteiger partial charge in [-0.25, -0.2) is 4.98 Å². The van der Waals surface area contributed by atoms with E-state index in [9.17, 15) is 4.79 Å². The number of oxazole rings is 1. The maximum absolute atomic E-state index is 11.7. The zero-order valence-electron chi connectivity index (χ0n) is 11.0. The van der Waals surface area contributed by atoms with Crippen LogP contribution in [-0.2, 0) is 4.74 Å². The smallest absolute Gasteiger partial charge is 0.273 e. The summed E-state index contributed by atoms with van der Waals surface area (Å²) in [4.78, 5) is 15.7. The number of aryl methyl sites for hydroxylation is 1. The number of hydrogen-bond acceptors (Lipinski definition) is 4. The standard InChI is InChI=1S/C13H20N2O3/c1-10-15-11(8-18-10)12(16)14-7-6-13(9-17-2)4-3-5-13/h8H,3-7,9H2,1-2H3,(H,14,16). The number of carbonyl (C=O) groups is 1. The van der Waals surface area contributed by atoms with Crippen LogP contribution in [0.4, 0.5) is 0 Å². The fourth-order valence-electron chi connectivity index (χ4n) is 2.45. The number of aromatic nitrogens is 1. The average Bonchev–Trinajstić information content (AvgIpc) is 2.72. The fourth-order valence-corrected chi connectivity index (χ4v) is 2.45. The summed E-state index contributed by atoms with van der Waals surface area (Å²) in [6.07, 6.45) is 6.00. The second-order valence-electron chi connectivity index (χ2n) is 5.04. The summed E-state index contributed by atoms with van der Waals surface area (Å²) in [5.41, 5.74) is 0.629. The third-order valence-corrected chi connectivity index (χ3v) is 3.66. The van der Waals surface area contributed by atoms with Gasteiger partial charge in [0.05, 0.1) is 6.61 Å². The molecule has 2 rings (SSSR count). The molecule has 1 aromatic rings. The van der Waals surface area contributed by atoms with E-state index in [0.29, 0.717) is 18.1 Å². The highest BCUT2D eigenvalue weighted by Gasteiger charge is 2.36. The molecule has 0 aliphatic heterocycles. The second kappa shape index (κ2) is 5.52. The van der Waals surface area contributed by atoms with Gasteiger partial charge in [-0.1, -0.05) is 6.42 Å². The maximum atomic E-state index is 11.7. The van der Waals surface area contributed by atoms with E-state index in [1.165, 1.54) is 25.5 Å². The van der Waals surface area contributed by atoms with Crippen LogP contribution in [-0.4, -0.2) is 31.2 Å². The lowest BCUT2D eigenvalue weighted by atomic mass is 9.67. The Labute approximate surface area is 107 Å². The topological polar surface area (TPSA) is 64.4 Å². The summed E-state index contributed by atoms with van der Waals surface area (Å²) in [6.45, 7) is 3.17. The van der Waals surface area contributed by atoms with E-state index in [-0.39, 0.29) is 11.3 Å². The van der Waals surface area contributed by atoms with Crippen LogP contribution >= 0.6 is 0 Å². The van der Waals surface area contributed by atoms with E-state index >= 15 is 0 Å². The maximum Gasteiger partial charge on any atom is 0.273 e. The van der Waals surface area contributed by atoms with Crippen molar-refractivity contribution in [3.05, 3.63) is 17.8 Å². The SMILES string of the molecule is COCC1(CCNC(=O)c2coc(C)n2)CCC1. The monoisotopic (exact) mass is 252 g/mol. The van der Waals surface area contributed by atoms with Crippen molar-refractivity contribution in [2.24, 2.45) is 5.41 Å². The zero-order chi connectivity index (χ0) is 13.0. The van der Waals surface area contributed by atoms with Crippen LogP contribution in [0.15, 0.2) is 10.7 Å². The molecule has 100 valence electrons. The minimum absolute atomic E-state index is 0.168. The molecule has 1 amide bonds. The summed E-state index contributed by atoms with van der Waals surface area (Å²) in [7, 11) is 1.73. The predicted molar refractivity (Wildman–Crippen MR) is 66.4 cm³/mol. The number of carbonyl (C=O) groups excluding carboxylic acids is 1. The molecule has 1 fully saturated rings. The first-order valence-electron chi connectivity index (χ1n) is 6.34. The highest BCUT2D eigenvalue weighted by atomic mass is 16.5. The molecule has 5 nitrogen and oxygen atoms in total. The molecule has 1 heterocycles. The van der Waals surface area contributed by atoms with Crippen molar-refractivity contribution in [2.45, 2.75) is 32.6 Å². The van der Waals surface area contributed by atoms with Crippen molar-refractivity contribution in [1.82, 2.24) is 10.3 Å². The molecule has 1 saturated carbocycles. The quantitative estimate of drug-likeness (QED) is 0.840. The van der Waals surface area contributed by atoms with Crippen LogP contribution in [0.25, 0.3) is 0 Å². The predicted octanol–water partition coefficient (Wildman–Crippen LogP) is 1.92. The second-order valence-corrected chi connectivity index (χ2v) is 5.04. The molecule has 1 N–H and O–H groups in total. The van der Waals surface area contributed by atoms with Crippen molar-refractivity contribution in [1.29, 1.82) is 0 Å². The minimum Gasteiger partial charge on any atom is -0.448 e. The third-order valence-electron chi connectivity index (χ3n) is 3.66. The molecule has 0 unspecified atom stereocenters. The molecule has 18 heavy (non-hydrogen) atoms. The van der Waals surface area contributed by atoms with Crippen LogP contribution in [0.5, 0.6) is 0 Å². The summed E-state index contributed by atoms with van der Waals surface area (Å²) < 4.78 is 10.3. The number of amides is 1. The number of rotatable bonds is 6. The van der Waals surface area contributed by atoms with Crippen LogP contribution in [0.1, 0.15) is 42.1 Å². The Morgan fingerprint density at radius 1 is 1.61 bits per heavy atom. The Balaban J connectivity index is 1.76. The van der Waals surface area contributed by atoms with Gasteiger partial charge in [0.25, 0.3) is 5.91 Å². The van der Waals surface area contributed by atoms with Gasteiger partial charge >= 0.3 is 0 Å². The molecule has 0 spiro atoms. The van der Waals surface area contributed by atoms with Crippen molar-refractivity contribution in [3.63, 3.8) is 0 Å². The minimum atomic E-state index is -0.168. The number of nitrogens with one attached hydrogen (secondary N) is 1. The highest BCUT2D eigenvalue weighted by molar-refractivity contribution is 5.91. The van der Waals surface area contributed by atoms with E-state index in [0.717, 1.165) is 13.0 Å². The molecule has 0 saturated heterocycles. The van der Waals surface area contributed by atoms with Gasteiger partial charge in [0.15, 0.2) is 11.6 Å². The van der Waals surface area contributed by atoms with Crippen molar-refractivity contribution < 1.29 is 13.9 Å². The Morgan fingerprint density at radius 3 is 2.89 bits per heavy atom. The van der Waals surface area contributed by atoms with Crippen molar-refractivity contribution in [2.75, 3.05) is 20.3 Å². The van der Waals surface area contributed by atoms with Gasteiger partial charge in [0, 0.05) is 20.6 Å². The summed E-state index contributed by atoms with van der Waals surface area (Å²) in [6, 6.07) is 0. The highest BCUT2D eigenvalue weighted by Crippen LogP contribution is 2.43. The van der Waals surface area contributed by atoms with Gasteiger partial charge in [-0.15, -0.1) is 0 Å². The van der Waals surface area contributed by atoms with Gasteiger partial charge in [0.2, 0.25) is 0 Å². The van der Waals surface area contributed by atoms with Gasteiger partial charge in [0.1, 0.15) is 6.26 Å². The van der Waals surface area contributed by atoms with Gasteiger partial charge in [-0.3, -0.25) is 4.79 Å². The van der Waals surface area contributed by atoms with E-state index in [2.05, 4.69) is 10.3 Å². The molecule has 0 atom stereocenters. The molecule has 1 aliphatic carbocycles. The van der Waals surface area contributed by atoms with Crippen LogP contribution in [0.2, 0.25) is 0 Å². The zero-order valence-corrected chi connectivity index (χ0v) is 11.0. The Kier molecular flexibility index (Phi) is 4.01. The first kappa shape index (κ1) is 13.1. The lowest BCUT2D eigenvalue weighted by Crippen LogP contribution is -2.38. The van der Waals surface area contributed by atoms with E-state index < -0.39 is 0 Å². The van der Waals surface area contributed by atoms with Crippen molar-refractivity contribution in [3.8, 4) is 0 Å². The van der Waals surface area contributed by atoms with Crippen LogP contribution < -0.4 is 5.32 Å². The van der Waals surface area contributed by atoms with Crippen LogP contribution in [0.3, 0.4) is 0 Å². The fraction of sp³-hybridized carbons (Fsp3) is 0.692. The van der Waals surface area contributed by atoms with E-state index in [4.69, 9.17) is 9.15 Å². The summed E-state index contributed by atoms with van der Waals surface area (Å²) in [5, 5.41) is 2.88.